The van der Waals surface area contributed by atoms with Crippen LogP contribution < -0.4 is 5.32 Å². The molecule has 6 nitrogen and oxygen atoms in total. The normalized spacial score (nSPS) is 22.8. The summed E-state index contributed by atoms with van der Waals surface area (Å²) in [5.74, 6) is 0.850. The number of sulfonamides is 1. The van der Waals surface area contributed by atoms with Crippen molar-refractivity contribution in [1.82, 2.24) is 9.29 Å². The van der Waals surface area contributed by atoms with E-state index in [4.69, 9.17) is 4.74 Å². The van der Waals surface area contributed by atoms with Crippen molar-refractivity contribution in [3.8, 4) is 0 Å². The third kappa shape index (κ3) is 3.85. The molecule has 2 aromatic rings. The lowest BCUT2D eigenvalue weighted by Gasteiger charge is -2.38. The van der Waals surface area contributed by atoms with Crippen molar-refractivity contribution in [1.29, 1.82) is 0 Å². The molecule has 1 N–H and O–H groups in total. The number of aryl methyl sites for hydroxylation is 1. The molecule has 3 heterocycles. The highest BCUT2D eigenvalue weighted by Crippen LogP contribution is 2.38. The van der Waals surface area contributed by atoms with E-state index < -0.39 is 10.0 Å². The van der Waals surface area contributed by atoms with Gasteiger partial charge in [0.15, 0.2) is 0 Å². The number of benzene rings is 1. The Morgan fingerprint density at radius 2 is 2.00 bits per heavy atom. The van der Waals surface area contributed by atoms with Gasteiger partial charge in [-0.25, -0.2) is 13.4 Å². The van der Waals surface area contributed by atoms with Gasteiger partial charge in [-0.05, 0) is 56.0 Å². The van der Waals surface area contributed by atoms with Crippen LogP contribution in [0.5, 0.6) is 0 Å². The molecular weight excluding hydrogens is 362 g/mol. The van der Waals surface area contributed by atoms with E-state index in [1.54, 1.807) is 28.7 Å². The zero-order valence-corrected chi connectivity index (χ0v) is 16.3. The van der Waals surface area contributed by atoms with Crippen molar-refractivity contribution in [3.05, 3.63) is 54.2 Å². The smallest absolute Gasteiger partial charge is 0.243 e. The van der Waals surface area contributed by atoms with Crippen LogP contribution in [0.1, 0.15) is 24.8 Å². The Kier molecular flexibility index (Phi) is 4.92. The molecule has 1 spiro atoms. The molecule has 4 rings (SSSR count). The first kappa shape index (κ1) is 18.4. The molecule has 144 valence electrons. The predicted molar refractivity (Wildman–Crippen MR) is 104 cm³/mol. The number of hydrogen-bond donors (Lipinski definition) is 1. The van der Waals surface area contributed by atoms with Crippen LogP contribution in [0.3, 0.4) is 0 Å². The Hall–Kier alpha value is -1.96. The van der Waals surface area contributed by atoms with Crippen molar-refractivity contribution in [2.45, 2.75) is 42.7 Å². The molecule has 1 aromatic carbocycles. The van der Waals surface area contributed by atoms with Crippen LogP contribution in [0.2, 0.25) is 0 Å². The van der Waals surface area contributed by atoms with E-state index in [2.05, 4.69) is 10.3 Å². The fraction of sp³-hybridized carbons (Fsp3) is 0.450. The molecule has 2 aliphatic rings. The molecule has 1 atom stereocenters. The van der Waals surface area contributed by atoms with E-state index in [0.29, 0.717) is 24.6 Å². The van der Waals surface area contributed by atoms with Gasteiger partial charge in [0.1, 0.15) is 5.82 Å². The Morgan fingerprint density at radius 3 is 2.70 bits per heavy atom. The molecule has 7 heteroatoms. The monoisotopic (exact) mass is 387 g/mol. The fourth-order valence-electron chi connectivity index (χ4n) is 4.00. The second-order valence-electron chi connectivity index (χ2n) is 7.47. The summed E-state index contributed by atoms with van der Waals surface area (Å²) in [6.07, 6.45) is 4.08. The summed E-state index contributed by atoms with van der Waals surface area (Å²) < 4.78 is 33.6. The number of hydrogen-bond acceptors (Lipinski definition) is 5. The zero-order valence-electron chi connectivity index (χ0n) is 15.5. The van der Waals surface area contributed by atoms with Crippen LogP contribution in [-0.4, -0.2) is 49.0 Å². The first-order chi connectivity index (χ1) is 13.0. The number of rotatable bonds is 4. The second kappa shape index (κ2) is 7.22. The maximum absolute atomic E-state index is 12.9. The molecular formula is C20H25N3O3S. The molecule has 2 aliphatic heterocycles. The largest absolute Gasteiger partial charge is 0.373 e. The Balaban J connectivity index is 1.39. The Morgan fingerprint density at radius 1 is 1.19 bits per heavy atom. The SMILES string of the molecule is Cc1cccc(S(=O)(=O)N2CCC3(CC2)C[C@H](Nc2ccccn2)CO3)c1. The van der Waals surface area contributed by atoms with Crippen molar-refractivity contribution in [3.63, 3.8) is 0 Å². The Labute approximate surface area is 160 Å². The van der Waals surface area contributed by atoms with Crippen molar-refractivity contribution in [2.24, 2.45) is 0 Å². The highest BCUT2D eigenvalue weighted by Gasteiger charge is 2.44. The summed E-state index contributed by atoms with van der Waals surface area (Å²) in [6.45, 7) is 3.52. The first-order valence-electron chi connectivity index (χ1n) is 9.35. The quantitative estimate of drug-likeness (QED) is 0.873. The lowest BCUT2D eigenvalue weighted by Crippen LogP contribution is -2.46. The number of aromatic nitrogens is 1. The minimum Gasteiger partial charge on any atom is -0.373 e. The highest BCUT2D eigenvalue weighted by molar-refractivity contribution is 7.89. The Bertz CT molecular complexity index is 894. The third-order valence-electron chi connectivity index (χ3n) is 5.49. The molecule has 2 fully saturated rings. The van der Waals surface area contributed by atoms with Crippen molar-refractivity contribution in [2.75, 3.05) is 25.0 Å². The minimum absolute atomic E-state index is 0.208. The minimum atomic E-state index is -3.44. The number of anilines is 1. The van der Waals surface area contributed by atoms with Gasteiger partial charge in [-0.2, -0.15) is 4.31 Å². The van der Waals surface area contributed by atoms with E-state index in [0.717, 1.165) is 30.6 Å². The molecule has 2 saturated heterocycles. The van der Waals surface area contributed by atoms with Crippen molar-refractivity contribution >= 4 is 15.8 Å². The lowest BCUT2D eigenvalue weighted by molar-refractivity contribution is -0.0310. The summed E-state index contributed by atoms with van der Waals surface area (Å²) in [6, 6.07) is 13.1. The molecule has 0 aliphatic carbocycles. The summed E-state index contributed by atoms with van der Waals surface area (Å²) in [7, 11) is -3.44. The number of nitrogens with one attached hydrogen (secondary N) is 1. The number of ether oxygens (including phenoxy) is 1. The lowest BCUT2D eigenvalue weighted by atomic mass is 9.88. The van der Waals surface area contributed by atoms with E-state index in [1.807, 2.05) is 31.2 Å². The van der Waals surface area contributed by atoms with Crippen LogP contribution >= 0.6 is 0 Å². The molecule has 0 bridgehead atoms. The van der Waals surface area contributed by atoms with E-state index in [9.17, 15) is 8.42 Å². The maximum Gasteiger partial charge on any atom is 0.243 e. The fourth-order valence-corrected chi connectivity index (χ4v) is 5.55. The topological polar surface area (TPSA) is 71.5 Å². The summed E-state index contributed by atoms with van der Waals surface area (Å²) in [4.78, 5) is 4.68. The highest BCUT2D eigenvalue weighted by atomic mass is 32.2. The van der Waals surface area contributed by atoms with Gasteiger partial charge in [0.2, 0.25) is 10.0 Å². The molecule has 0 amide bonds. The van der Waals surface area contributed by atoms with Gasteiger partial charge in [-0.15, -0.1) is 0 Å². The number of nitrogens with zero attached hydrogens (tertiary/aromatic N) is 2. The number of piperidine rings is 1. The first-order valence-corrected chi connectivity index (χ1v) is 10.8. The van der Waals surface area contributed by atoms with Crippen LogP contribution in [-0.2, 0) is 14.8 Å². The second-order valence-corrected chi connectivity index (χ2v) is 9.41. The third-order valence-corrected chi connectivity index (χ3v) is 7.38. The standard InChI is InChI=1S/C20H25N3O3S/c1-16-5-4-6-18(13-16)27(24,25)23-11-8-20(9-12-23)14-17(15-26-20)22-19-7-2-3-10-21-19/h2-7,10,13,17H,8-9,11-12,14-15H2,1H3,(H,21,22)/t17-/m0/s1. The molecule has 27 heavy (non-hydrogen) atoms. The predicted octanol–water partition coefficient (Wildman–Crippen LogP) is 2.81. The summed E-state index contributed by atoms with van der Waals surface area (Å²) >= 11 is 0. The van der Waals surface area contributed by atoms with E-state index in [-0.39, 0.29) is 11.6 Å². The van der Waals surface area contributed by atoms with Gasteiger partial charge in [0, 0.05) is 19.3 Å². The average molecular weight is 388 g/mol. The zero-order chi connectivity index (χ0) is 18.9. The van der Waals surface area contributed by atoms with Crippen LogP contribution in [0, 0.1) is 6.92 Å². The van der Waals surface area contributed by atoms with Crippen LogP contribution in [0.4, 0.5) is 5.82 Å². The maximum atomic E-state index is 12.9. The van der Waals surface area contributed by atoms with E-state index in [1.165, 1.54) is 0 Å². The number of pyridine rings is 1. The van der Waals surface area contributed by atoms with Gasteiger partial charge in [0.25, 0.3) is 0 Å². The van der Waals surface area contributed by atoms with Gasteiger partial charge < -0.3 is 10.1 Å². The molecule has 1 aromatic heterocycles. The average Bonchev–Trinajstić information content (AvgIpc) is 3.05. The van der Waals surface area contributed by atoms with Gasteiger partial charge in [-0.3, -0.25) is 0 Å². The molecule has 0 radical (unpaired) electrons. The van der Waals surface area contributed by atoms with Gasteiger partial charge in [-0.1, -0.05) is 18.2 Å². The molecule has 0 unspecified atom stereocenters. The van der Waals surface area contributed by atoms with Crippen LogP contribution in [0.15, 0.2) is 53.6 Å². The van der Waals surface area contributed by atoms with Crippen LogP contribution in [0.25, 0.3) is 0 Å². The van der Waals surface area contributed by atoms with Crippen molar-refractivity contribution < 1.29 is 13.2 Å². The summed E-state index contributed by atoms with van der Waals surface area (Å²) in [5, 5.41) is 3.42. The molecule has 0 saturated carbocycles. The van der Waals surface area contributed by atoms with Gasteiger partial charge in [0.05, 0.1) is 23.1 Å². The summed E-state index contributed by atoms with van der Waals surface area (Å²) in [5.41, 5.74) is 0.720. The van der Waals surface area contributed by atoms with Gasteiger partial charge >= 0.3 is 0 Å². The van der Waals surface area contributed by atoms with E-state index >= 15 is 0 Å².